The highest BCUT2D eigenvalue weighted by Crippen LogP contribution is 2.29. The van der Waals surface area contributed by atoms with Crippen molar-refractivity contribution in [2.75, 3.05) is 0 Å². The lowest BCUT2D eigenvalue weighted by molar-refractivity contribution is 0.850. The molecule has 0 unspecified atom stereocenters. The van der Waals surface area contributed by atoms with Crippen molar-refractivity contribution < 1.29 is 0 Å². The SMILES string of the molecule is C[C@@H](c1ccccc1)c1cc2ccc1CCc1ccc(cc1)CC2. The minimum atomic E-state index is 0.449. The molecule has 0 heteroatoms. The average Bonchev–Trinajstić information content (AvgIpc) is 2.64. The van der Waals surface area contributed by atoms with E-state index in [0.29, 0.717) is 5.92 Å². The van der Waals surface area contributed by atoms with Gasteiger partial charge in [-0.1, -0.05) is 79.7 Å². The Morgan fingerprint density at radius 3 is 1.92 bits per heavy atom. The summed E-state index contributed by atoms with van der Waals surface area (Å²) >= 11 is 0. The van der Waals surface area contributed by atoms with E-state index in [9.17, 15) is 0 Å². The van der Waals surface area contributed by atoms with Crippen molar-refractivity contribution in [1.82, 2.24) is 0 Å². The van der Waals surface area contributed by atoms with Crippen LogP contribution in [-0.2, 0) is 25.7 Å². The summed E-state index contributed by atoms with van der Waals surface area (Å²) in [7, 11) is 0. The Balaban J connectivity index is 1.73. The van der Waals surface area contributed by atoms with Crippen LogP contribution in [0.4, 0.5) is 0 Å². The van der Waals surface area contributed by atoms with Crippen molar-refractivity contribution in [3.8, 4) is 0 Å². The zero-order valence-corrected chi connectivity index (χ0v) is 14.3. The van der Waals surface area contributed by atoms with Crippen LogP contribution >= 0.6 is 0 Å². The van der Waals surface area contributed by atoms with Crippen LogP contribution in [0, 0.1) is 0 Å². The van der Waals surface area contributed by atoms with Gasteiger partial charge in [0.05, 0.1) is 0 Å². The molecule has 120 valence electrons. The predicted octanol–water partition coefficient (Wildman–Crippen LogP) is 5.72. The lowest BCUT2D eigenvalue weighted by Crippen LogP contribution is -2.05. The van der Waals surface area contributed by atoms with Crippen LogP contribution < -0.4 is 0 Å². The van der Waals surface area contributed by atoms with E-state index < -0.39 is 0 Å². The molecule has 1 atom stereocenters. The highest BCUT2D eigenvalue weighted by molar-refractivity contribution is 5.41. The normalized spacial score (nSPS) is 14.9. The molecule has 0 spiro atoms. The van der Waals surface area contributed by atoms with E-state index in [4.69, 9.17) is 0 Å². The fourth-order valence-electron chi connectivity index (χ4n) is 3.79. The van der Waals surface area contributed by atoms with Crippen LogP contribution in [0.5, 0.6) is 0 Å². The third-order valence-electron chi connectivity index (χ3n) is 5.38. The highest BCUT2D eigenvalue weighted by Gasteiger charge is 2.14. The van der Waals surface area contributed by atoms with Crippen molar-refractivity contribution in [3.63, 3.8) is 0 Å². The summed E-state index contributed by atoms with van der Waals surface area (Å²) < 4.78 is 0. The molecule has 0 heterocycles. The third kappa shape index (κ3) is 3.14. The zero-order valence-electron chi connectivity index (χ0n) is 14.3. The van der Waals surface area contributed by atoms with Crippen LogP contribution in [0.1, 0.15) is 46.2 Å². The van der Waals surface area contributed by atoms with Gasteiger partial charge in [-0.2, -0.15) is 0 Å². The Labute approximate surface area is 145 Å². The highest BCUT2D eigenvalue weighted by atomic mass is 14.2. The van der Waals surface area contributed by atoms with E-state index in [2.05, 4.69) is 79.7 Å². The van der Waals surface area contributed by atoms with Crippen molar-refractivity contribution in [2.45, 2.75) is 38.5 Å². The quantitative estimate of drug-likeness (QED) is 0.567. The summed E-state index contributed by atoms with van der Waals surface area (Å²) in [4.78, 5) is 0. The van der Waals surface area contributed by atoms with E-state index in [1.54, 1.807) is 0 Å². The van der Waals surface area contributed by atoms with Gasteiger partial charge >= 0.3 is 0 Å². The van der Waals surface area contributed by atoms with E-state index >= 15 is 0 Å². The molecule has 0 amide bonds. The molecular formula is C24H24. The molecule has 7 rings (SSSR count). The molecule has 0 saturated carbocycles. The summed E-state index contributed by atoms with van der Waals surface area (Å²) in [6, 6.07) is 27.3. The van der Waals surface area contributed by atoms with Crippen molar-refractivity contribution in [3.05, 3.63) is 106 Å². The largest absolute Gasteiger partial charge is 0.0622 e. The summed E-state index contributed by atoms with van der Waals surface area (Å²) in [6.45, 7) is 2.34. The van der Waals surface area contributed by atoms with Gasteiger partial charge in [-0.15, -0.1) is 0 Å². The van der Waals surface area contributed by atoms with Gasteiger partial charge in [0.1, 0.15) is 0 Å². The topological polar surface area (TPSA) is 0 Å². The first kappa shape index (κ1) is 15.2. The molecule has 0 nitrogen and oxygen atoms in total. The first-order valence-electron chi connectivity index (χ1n) is 9.04. The smallest absolute Gasteiger partial charge is 0.00638 e. The monoisotopic (exact) mass is 312 g/mol. The molecule has 0 fully saturated rings. The van der Waals surface area contributed by atoms with Crippen molar-refractivity contribution in [2.24, 2.45) is 0 Å². The maximum Gasteiger partial charge on any atom is 0.00638 e. The van der Waals surface area contributed by atoms with Crippen LogP contribution in [0.3, 0.4) is 0 Å². The molecule has 24 heavy (non-hydrogen) atoms. The lowest BCUT2D eigenvalue weighted by atomic mass is 9.85. The number of rotatable bonds is 2. The molecule has 0 N–H and O–H groups in total. The molecule has 3 aromatic rings. The fraction of sp³-hybridized carbons (Fsp3) is 0.250. The van der Waals surface area contributed by atoms with Crippen LogP contribution in [0.15, 0.2) is 72.8 Å². The first-order chi connectivity index (χ1) is 11.8. The van der Waals surface area contributed by atoms with Crippen molar-refractivity contribution >= 4 is 0 Å². The lowest BCUT2D eigenvalue weighted by Gasteiger charge is -2.20. The predicted molar refractivity (Wildman–Crippen MR) is 102 cm³/mol. The van der Waals surface area contributed by atoms with Gasteiger partial charge < -0.3 is 0 Å². The van der Waals surface area contributed by atoms with Gasteiger partial charge in [0.2, 0.25) is 0 Å². The molecule has 3 aromatic carbocycles. The molecule has 0 aliphatic heterocycles. The minimum Gasteiger partial charge on any atom is -0.0622 e. The van der Waals surface area contributed by atoms with E-state index in [-0.39, 0.29) is 0 Å². The molecular weight excluding hydrogens is 288 g/mol. The standard InChI is InChI=1S/C24H24/c1-18(22-5-3-2-4-6-22)24-17-21-12-11-19-7-9-20(10-8-19)13-15-23(24)16-14-21/h2-10,14,16-18H,11-13,15H2,1H3/t18-/m0/s1. The summed E-state index contributed by atoms with van der Waals surface area (Å²) in [6.07, 6.45) is 4.48. The van der Waals surface area contributed by atoms with Gasteiger partial charge in [-0.05, 0) is 59.1 Å². The molecule has 0 aromatic heterocycles. The molecule has 4 bridgehead atoms. The summed E-state index contributed by atoms with van der Waals surface area (Å²) in [5.41, 5.74) is 8.77. The van der Waals surface area contributed by atoms with E-state index in [0.717, 1.165) is 25.7 Å². The third-order valence-corrected chi connectivity index (χ3v) is 5.38. The molecule has 4 aliphatic carbocycles. The molecule has 4 aliphatic rings. The van der Waals surface area contributed by atoms with Crippen LogP contribution in [0.25, 0.3) is 0 Å². The number of aryl methyl sites for hydroxylation is 4. The second-order valence-electron chi connectivity index (χ2n) is 6.98. The van der Waals surface area contributed by atoms with Crippen molar-refractivity contribution in [1.29, 1.82) is 0 Å². The first-order valence-corrected chi connectivity index (χ1v) is 9.04. The number of benzene rings is 3. The van der Waals surface area contributed by atoms with Gasteiger partial charge in [0.25, 0.3) is 0 Å². The fourth-order valence-corrected chi connectivity index (χ4v) is 3.79. The summed E-state index contributed by atoms with van der Waals surface area (Å²) in [5.74, 6) is 0.449. The van der Waals surface area contributed by atoms with E-state index in [1.165, 1.54) is 33.4 Å². The minimum absolute atomic E-state index is 0.449. The summed E-state index contributed by atoms with van der Waals surface area (Å²) in [5, 5.41) is 0. The number of hydrogen-bond acceptors (Lipinski definition) is 0. The van der Waals surface area contributed by atoms with Gasteiger partial charge in [0.15, 0.2) is 0 Å². The van der Waals surface area contributed by atoms with Gasteiger partial charge in [0, 0.05) is 5.92 Å². The average molecular weight is 312 g/mol. The Hall–Kier alpha value is -2.34. The zero-order chi connectivity index (χ0) is 16.4. The Bertz CT molecular complexity index is 812. The second kappa shape index (κ2) is 6.65. The second-order valence-corrected chi connectivity index (χ2v) is 6.98. The van der Waals surface area contributed by atoms with Gasteiger partial charge in [-0.3, -0.25) is 0 Å². The molecule has 0 radical (unpaired) electrons. The van der Waals surface area contributed by atoms with Crippen LogP contribution in [-0.4, -0.2) is 0 Å². The Kier molecular flexibility index (Phi) is 4.21. The Morgan fingerprint density at radius 2 is 1.21 bits per heavy atom. The van der Waals surface area contributed by atoms with Crippen LogP contribution in [0.2, 0.25) is 0 Å². The maximum atomic E-state index is 2.46. The number of hydrogen-bond donors (Lipinski definition) is 0. The van der Waals surface area contributed by atoms with Gasteiger partial charge in [-0.25, -0.2) is 0 Å². The maximum absolute atomic E-state index is 2.46. The molecule has 0 saturated heterocycles. The van der Waals surface area contributed by atoms with E-state index in [1.807, 2.05) is 0 Å². The Morgan fingerprint density at radius 1 is 0.625 bits per heavy atom.